The smallest absolute Gasteiger partial charge is 0.339 e. The molecule has 0 fully saturated rings. The van der Waals surface area contributed by atoms with Crippen molar-refractivity contribution in [2.75, 3.05) is 11.9 Å². The zero-order chi connectivity index (χ0) is 23.8. The zero-order valence-electron chi connectivity index (χ0n) is 19.0. The molecule has 0 unspecified atom stereocenters. The van der Waals surface area contributed by atoms with Crippen molar-refractivity contribution in [3.8, 4) is 16.3 Å². The summed E-state index contributed by atoms with van der Waals surface area (Å²) in [6.07, 6.45) is 0. The van der Waals surface area contributed by atoms with Gasteiger partial charge in [0.15, 0.2) is 6.61 Å². The largest absolute Gasteiger partial charge is 0.484 e. The van der Waals surface area contributed by atoms with Gasteiger partial charge in [-0.25, -0.2) is 9.78 Å². The minimum Gasteiger partial charge on any atom is -0.484 e. The standard InChI is InChI=1S/C27H22N2O4S/c1-15-4-11-22-24(12-15)34-26(29-22)18-5-7-19(8-6-18)28-25(30)14-32-20-9-10-21-16(2)17(3)27(31)33-23(21)13-20/h4-13H,14H2,1-3H3,(H,28,30). The molecule has 0 aliphatic heterocycles. The molecule has 0 atom stereocenters. The average molecular weight is 471 g/mol. The van der Waals surface area contributed by atoms with Gasteiger partial charge >= 0.3 is 5.63 Å². The Balaban J connectivity index is 1.24. The van der Waals surface area contributed by atoms with E-state index in [2.05, 4.69) is 24.4 Å². The monoisotopic (exact) mass is 470 g/mol. The molecule has 5 aromatic rings. The first-order valence-corrected chi connectivity index (χ1v) is 11.6. The molecule has 0 aliphatic carbocycles. The van der Waals surface area contributed by atoms with Crippen LogP contribution in [0.2, 0.25) is 0 Å². The van der Waals surface area contributed by atoms with Gasteiger partial charge in [0.25, 0.3) is 5.91 Å². The summed E-state index contributed by atoms with van der Waals surface area (Å²) < 4.78 is 12.1. The summed E-state index contributed by atoms with van der Waals surface area (Å²) >= 11 is 1.65. The third-order valence-corrected chi connectivity index (χ3v) is 6.83. The molecule has 170 valence electrons. The Morgan fingerprint density at radius 2 is 1.79 bits per heavy atom. The van der Waals surface area contributed by atoms with Gasteiger partial charge in [0, 0.05) is 28.3 Å². The first kappa shape index (κ1) is 21.9. The van der Waals surface area contributed by atoms with E-state index in [9.17, 15) is 9.59 Å². The van der Waals surface area contributed by atoms with Gasteiger partial charge in [-0.3, -0.25) is 4.79 Å². The summed E-state index contributed by atoms with van der Waals surface area (Å²) in [7, 11) is 0. The first-order chi connectivity index (χ1) is 16.4. The van der Waals surface area contributed by atoms with Crippen LogP contribution in [0, 0.1) is 20.8 Å². The molecule has 1 N–H and O–H groups in total. The normalized spacial score (nSPS) is 11.1. The number of ether oxygens (including phenoxy) is 1. The van der Waals surface area contributed by atoms with E-state index in [4.69, 9.17) is 14.1 Å². The number of carbonyl (C=O) groups excluding carboxylic acids is 1. The molecular weight excluding hydrogens is 448 g/mol. The highest BCUT2D eigenvalue weighted by Crippen LogP contribution is 2.31. The number of aryl methyl sites for hydroxylation is 2. The van der Waals surface area contributed by atoms with E-state index in [0.717, 1.165) is 31.7 Å². The molecule has 0 saturated carbocycles. The van der Waals surface area contributed by atoms with Gasteiger partial charge in [-0.2, -0.15) is 0 Å². The van der Waals surface area contributed by atoms with Crippen LogP contribution in [-0.2, 0) is 4.79 Å². The predicted octanol–water partition coefficient (Wildman–Crippen LogP) is 6.01. The molecule has 2 aromatic heterocycles. The van der Waals surface area contributed by atoms with E-state index in [1.807, 2.05) is 43.3 Å². The van der Waals surface area contributed by atoms with E-state index >= 15 is 0 Å². The fraction of sp³-hybridized carbons (Fsp3) is 0.148. The SMILES string of the molecule is Cc1ccc2nc(-c3ccc(NC(=O)COc4ccc5c(C)c(C)c(=O)oc5c4)cc3)sc2c1. The number of fused-ring (bicyclic) bond motifs is 2. The van der Waals surface area contributed by atoms with Gasteiger partial charge < -0.3 is 14.5 Å². The number of hydrogen-bond acceptors (Lipinski definition) is 6. The maximum atomic E-state index is 12.4. The van der Waals surface area contributed by atoms with Crippen LogP contribution in [0.15, 0.2) is 69.9 Å². The van der Waals surface area contributed by atoms with Crippen molar-refractivity contribution in [1.82, 2.24) is 4.98 Å². The zero-order valence-corrected chi connectivity index (χ0v) is 19.8. The van der Waals surface area contributed by atoms with Gasteiger partial charge in [-0.1, -0.05) is 6.07 Å². The topological polar surface area (TPSA) is 81.4 Å². The lowest BCUT2D eigenvalue weighted by Gasteiger charge is -2.09. The fourth-order valence-corrected chi connectivity index (χ4v) is 4.78. The van der Waals surface area contributed by atoms with Gasteiger partial charge in [0.05, 0.1) is 10.2 Å². The van der Waals surface area contributed by atoms with Crippen LogP contribution >= 0.6 is 11.3 Å². The Morgan fingerprint density at radius 3 is 2.59 bits per heavy atom. The molecule has 3 aromatic carbocycles. The number of benzene rings is 3. The highest BCUT2D eigenvalue weighted by Gasteiger charge is 2.11. The molecule has 34 heavy (non-hydrogen) atoms. The third-order valence-electron chi connectivity index (χ3n) is 5.76. The van der Waals surface area contributed by atoms with Crippen LogP contribution < -0.4 is 15.7 Å². The Kier molecular flexibility index (Phi) is 5.63. The van der Waals surface area contributed by atoms with Crippen LogP contribution in [0.25, 0.3) is 31.8 Å². The van der Waals surface area contributed by atoms with Crippen molar-refractivity contribution in [3.05, 3.63) is 87.8 Å². The van der Waals surface area contributed by atoms with Crippen LogP contribution in [0.4, 0.5) is 5.69 Å². The maximum absolute atomic E-state index is 12.4. The number of nitrogens with zero attached hydrogens (tertiary/aromatic N) is 1. The Morgan fingerprint density at radius 1 is 1.00 bits per heavy atom. The number of amides is 1. The number of anilines is 1. The van der Waals surface area contributed by atoms with E-state index in [0.29, 0.717) is 22.6 Å². The molecule has 0 saturated heterocycles. The molecular formula is C27H22N2O4S. The Bertz CT molecular complexity index is 1600. The van der Waals surface area contributed by atoms with E-state index < -0.39 is 0 Å². The summed E-state index contributed by atoms with van der Waals surface area (Å²) in [5.74, 6) is 0.167. The molecule has 6 nitrogen and oxygen atoms in total. The summed E-state index contributed by atoms with van der Waals surface area (Å²) in [5.41, 5.74) is 5.39. The van der Waals surface area contributed by atoms with E-state index in [1.54, 1.807) is 30.4 Å². The van der Waals surface area contributed by atoms with Crippen LogP contribution in [0.3, 0.4) is 0 Å². The van der Waals surface area contributed by atoms with Crippen molar-refractivity contribution in [1.29, 1.82) is 0 Å². The van der Waals surface area contributed by atoms with Crippen LogP contribution in [0.1, 0.15) is 16.7 Å². The molecule has 0 bridgehead atoms. The Labute approximate surface area is 199 Å². The minimum atomic E-state index is -0.371. The van der Waals surface area contributed by atoms with Gasteiger partial charge in [0.1, 0.15) is 16.3 Å². The molecule has 0 spiro atoms. The lowest BCUT2D eigenvalue weighted by molar-refractivity contribution is -0.118. The lowest BCUT2D eigenvalue weighted by Crippen LogP contribution is -2.20. The molecule has 2 heterocycles. The average Bonchev–Trinajstić information content (AvgIpc) is 3.25. The number of thiazole rings is 1. The van der Waals surface area contributed by atoms with Gasteiger partial charge in [-0.15, -0.1) is 11.3 Å². The lowest BCUT2D eigenvalue weighted by atomic mass is 10.1. The second-order valence-electron chi connectivity index (χ2n) is 8.20. The van der Waals surface area contributed by atoms with Crippen molar-refractivity contribution < 1.29 is 13.9 Å². The van der Waals surface area contributed by atoms with Crippen molar-refractivity contribution in [2.45, 2.75) is 20.8 Å². The summed E-state index contributed by atoms with van der Waals surface area (Å²) in [5, 5.41) is 4.62. The minimum absolute atomic E-state index is 0.167. The van der Waals surface area contributed by atoms with Gasteiger partial charge in [0.2, 0.25) is 0 Å². The van der Waals surface area contributed by atoms with Gasteiger partial charge in [-0.05, 0) is 80.4 Å². The number of hydrogen-bond donors (Lipinski definition) is 1. The van der Waals surface area contributed by atoms with Crippen LogP contribution in [-0.4, -0.2) is 17.5 Å². The molecule has 0 aliphatic rings. The highest BCUT2D eigenvalue weighted by atomic mass is 32.1. The number of aromatic nitrogens is 1. The summed E-state index contributed by atoms with van der Waals surface area (Å²) in [4.78, 5) is 29.0. The predicted molar refractivity (Wildman–Crippen MR) is 136 cm³/mol. The second-order valence-corrected chi connectivity index (χ2v) is 9.23. The molecule has 0 radical (unpaired) electrons. The molecule has 5 rings (SSSR count). The van der Waals surface area contributed by atoms with E-state index in [-0.39, 0.29) is 18.1 Å². The van der Waals surface area contributed by atoms with Crippen molar-refractivity contribution >= 4 is 44.1 Å². The first-order valence-electron chi connectivity index (χ1n) is 10.8. The molecule has 1 amide bonds. The number of rotatable bonds is 5. The van der Waals surface area contributed by atoms with Crippen molar-refractivity contribution in [2.24, 2.45) is 0 Å². The third kappa shape index (κ3) is 4.30. The number of nitrogens with one attached hydrogen (secondary N) is 1. The molecule has 7 heteroatoms. The summed E-state index contributed by atoms with van der Waals surface area (Å²) in [6, 6.07) is 19.0. The summed E-state index contributed by atoms with van der Waals surface area (Å²) in [6.45, 7) is 5.52. The maximum Gasteiger partial charge on any atom is 0.339 e. The second kappa shape index (κ2) is 8.76. The fourth-order valence-electron chi connectivity index (χ4n) is 3.72. The number of carbonyl (C=O) groups is 1. The van der Waals surface area contributed by atoms with E-state index in [1.165, 1.54) is 5.56 Å². The van der Waals surface area contributed by atoms with Crippen molar-refractivity contribution in [3.63, 3.8) is 0 Å². The quantitative estimate of drug-likeness (QED) is 0.318. The van der Waals surface area contributed by atoms with Crippen LogP contribution in [0.5, 0.6) is 5.75 Å². The highest BCUT2D eigenvalue weighted by molar-refractivity contribution is 7.21. The Hall–Kier alpha value is -3.97.